The van der Waals surface area contributed by atoms with Crippen LogP contribution in [0.5, 0.6) is 0 Å². The number of ether oxygens (including phenoxy) is 2. The predicted octanol–water partition coefficient (Wildman–Crippen LogP) is 11.6. The average Bonchev–Trinajstić information content (AvgIpc) is 2.97. The van der Waals surface area contributed by atoms with E-state index < -0.39 is 6.10 Å². The molecule has 4 heteroatoms. The van der Waals surface area contributed by atoms with Gasteiger partial charge in [0, 0.05) is 13.0 Å². The number of carbonyl (C=O) groups is 1. The summed E-state index contributed by atoms with van der Waals surface area (Å²) >= 11 is 0. The molecule has 4 nitrogen and oxygen atoms in total. The number of aliphatic hydroxyl groups is 1. The molecule has 0 heterocycles. The first-order valence-corrected chi connectivity index (χ1v) is 18.6. The fourth-order valence-electron chi connectivity index (χ4n) is 5.57. The molecule has 0 aromatic carbocycles. The fourth-order valence-corrected chi connectivity index (χ4v) is 5.57. The molecule has 0 fully saturated rings. The van der Waals surface area contributed by atoms with Gasteiger partial charge in [-0.3, -0.25) is 4.79 Å². The van der Waals surface area contributed by atoms with Crippen molar-refractivity contribution in [1.82, 2.24) is 0 Å². The molecule has 0 spiro atoms. The zero-order valence-electron chi connectivity index (χ0n) is 28.1. The second-order valence-electron chi connectivity index (χ2n) is 12.7. The lowest BCUT2D eigenvalue weighted by Gasteiger charge is -2.12. The smallest absolute Gasteiger partial charge is 0.305 e. The molecule has 0 unspecified atom stereocenters. The van der Waals surface area contributed by atoms with E-state index in [0.717, 1.165) is 19.3 Å². The molecular weight excluding hydrogens is 508 g/mol. The van der Waals surface area contributed by atoms with Crippen molar-refractivity contribution in [2.75, 3.05) is 19.8 Å². The van der Waals surface area contributed by atoms with E-state index in [0.29, 0.717) is 13.0 Å². The van der Waals surface area contributed by atoms with Crippen molar-refractivity contribution in [2.45, 2.75) is 213 Å². The Balaban J connectivity index is 3.25. The van der Waals surface area contributed by atoms with E-state index in [1.165, 1.54) is 167 Å². The highest BCUT2D eigenvalue weighted by molar-refractivity contribution is 5.69. The van der Waals surface area contributed by atoms with Gasteiger partial charge in [-0.15, -0.1) is 0 Å². The number of hydrogen-bond acceptors (Lipinski definition) is 4. The Morgan fingerprint density at radius 2 is 0.780 bits per heavy atom. The number of rotatable bonds is 35. The molecule has 0 aromatic rings. The van der Waals surface area contributed by atoms with Crippen LogP contribution in [0.2, 0.25) is 0 Å². The second-order valence-corrected chi connectivity index (χ2v) is 12.7. The van der Waals surface area contributed by atoms with Crippen LogP contribution in [-0.2, 0) is 14.3 Å². The summed E-state index contributed by atoms with van der Waals surface area (Å²) in [5.74, 6) is -0.190. The maximum Gasteiger partial charge on any atom is 0.305 e. The van der Waals surface area contributed by atoms with Gasteiger partial charge in [0.05, 0.1) is 6.61 Å². The number of unbranched alkanes of at least 4 members (excludes halogenated alkanes) is 27. The number of carbonyl (C=O) groups excluding carboxylic acids is 1. The minimum absolute atomic E-state index is 0.0518. The summed E-state index contributed by atoms with van der Waals surface area (Å²) in [6.07, 6.45) is 38.4. The third kappa shape index (κ3) is 35.5. The van der Waals surface area contributed by atoms with Gasteiger partial charge in [0.1, 0.15) is 12.7 Å². The summed E-state index contributed by atoms with van der Waals surface area (Å²) < 4.78 is 10.8. The largest absolute Gasteiger partial charge is 0.463 e. The van der Waals surface area contributed by atoms with Crippen molar-refractivity contribution < 1.29 is 19.4 Å². The monoisotopic (exact) mass is 583 g/mol. The van der Waals surface area contributed by atoms with Crippen molar-refractivity contribution in [1.29, 1.82) is 0 Å². The lowest BCUT2D eigenvalue weighted by Crippen LogP contribution is -2.24. The number of aliphatic hydroxyl groups excluding tert-OH is 1. The first-order valence-electron chi connectivity index (χ1n) is 18.6. The van der Waals surface area contributed by atoms with Crippen LogP contribution >= 0.6 is 0 Å². The highest BCUT2D eigenvalue weighted by Gasteiger charge is 2.09. The normalized spacial score (nSPS) is 12.2. The molecule has 0 aliphatic rings. The molecule has 0 radical (unpaired) electrons. The van der Waals surface area contributed by atoms with Crippen molar-refractivity contribution in [2.24, 2.45) is 0 Å². The van der Waals surface area contributed by atoms with Crippen molar-refractivity contribution in [3.63, 3.8) is 0 Å². The molecule has 0 saturated carbocycles. The zero-order chi connectivity index (χ0) is 29.9. The van der Waals surface area contributed by atoms with Crippen LogP contribution in [0.15, 0.2) is 0 Å². The van der Waals surface area contributed by atoms with Crippen LogP contribution in [-0.4, -0.2) is 37.0 Å². The van der Waals surface area contributed by atoms with Gasteiger partial charge in [0.15, 0.2) is 0 Å². The Morgan fingerprint density at radius 3 is 1.15 bits per heavy atom. The van der Waals surface area contributed by atoms with E-state index >= 15 is 0 Å². The second kappa shape index (κ2) is 35.6. The highest BCUT2D eigenvalue weighted by Crippen LogP contribution is 2.15. The molecule has 0 aliphatic carbocycles. The fraction of sp³-hybridized carbons (Fsp3) is 0.973. The van der Waals surface area contributed by atoms with Gasteiger partial charge in [-0.1, -0.05) is 187 Å². The Labute approximate surface area is 257 Å². The Bertz CT molecular complexity index is 495. The molecule has 0 aliphatic heterocycles. The topological polar surface area (TPSA) is 55.8 Å². The molecule has 0 amide bonds. The van der Waals surface area contributed by atoms with E-state index in [1.807, 2.05) is 0 Å². The Kier molecular flexibility index (Phi) is 35.1. The first kappa shape index (κ1) is 40.4. The van der Waals surface area contributed by atoms with E-state index in [9.17, 15) is 9.90 Å². The highest BCUT2D eigenvalue weighted by atomic mass is 16.5. The summed E-state index contributed by atoms with van der Waals surface area (Å²) in [5.41, 5.74) is 0. The molecule has 0 bridgehead atoms. The SMILES string of the molecule is CCCCCCCCCCCCCCCCCCOC[C@@H](O)COC(=O)CCCCCCCCCCCCCCC. The molecule has 246 valence electrons. The first-order chi connectivity index (χ1) is 20.2. The zero-order valence-corrected chi connectivity index (χ0v) is 28.1. The summed E-state index contributed by atoms with van der Waals surface area (Å²) in [6.45, 7) is 5.54. The van der Waals surface area contributed by atoms with E-state index in [1.54, 1.807) is 0 Å². The summed E-state index contributed by atoms with van der Waals surface area (Å²) in [7, 11) is 0. The number of esters is 1. The maximum absolute atomic E-state index is 11.9. The standard InChI is InChI=1S/C37H74O4/c1-3-5-7-9-11-13-15-17-18-19-21-23-25-27-29-31-33-40-34-36(38)35-41-37(39)32-30-28-26-24-22-20-16-14-12-10-8-6-4-2/h36,38H,3-35H2,1-2H3/t36-/m1/s1. The summed E-state index contributed by atoms with van der Waals surface area (Å²) in [4.78, 5) is 11.9. The van der Waals surface area contributed by atoms with Gasteiger partial charge in [-0.2, -0.15) is 0 Å². The summed E-state index contributed by atoms with van der Waals surface area (Å²) in [6, 6.07) is 0. The third-order valence-corrected chi connectivity index (χ3v) is 8.37. The van der Waals surface area contributed by atoms with Gasteiger partial charge in [-0.05, 0) is 12.8 Å². The van der Waals surface area contributed by atoms with Gasteiger partial charge in [0.2, 0.25) is 0 Å². The van der Waals surface area contributed by atoms with E-state index in [4.69, 9.17) is 9.47 Å². The molecule has 1 N–H and O–H groups in total. The Hall–Kier alpha value is -0.610. The van der Waals surface area contributed by atoms with Crippen LogP contribution in [0.1, 0.15) is 206 Å². The van der Waals surface area contributed by atoms with Gasteiger partial charge in [-0.25, -0.2) is 0 Å². The Morgan fingerprint density at radius 1 is 0.463 bits per heavy atom. The van der Waals surface area contributed by atoms with Crippen molar-refractivity contribution in [3.05, 3.63) is 0 Å². The van der Waals surface area contributed by atoms with Crippen LogP contribution in [0.25, 0.3) is 0 Å². The predicted molar refractivity (Wildman–Crippen MR) is 178 cm³/mol. The van der Waals surface area contributed by atoms with Crippen molar-refractivity contribution >= 4 is 5.97 Å². The minimum atomic E-state index is -0.716. The summed E-state index contributed by atoms with van der Waals surface area (Å²) in [5, 5.41) is 10.0. The molecule has 0 rings (SSSR count). The van der Waals surface area contributed by atoms with Crippen molar-refractivity contribution in [3.8, 4) is 0 Å². The lowest BCUT2D eigenvalue weighted by atomic mass is 10.0. The van der Waals surface area contributed by atoms with Gasteiger partial charge in [0.25, 0.3) is 0 Å². The van der Waals surface area contributed by atoms with Crippen LogP contribution in [0.3, 0.4) is 0 Å². The average molecular weight is 583 g/mol. The van der Waals surface area contributed by atoms with Gasteiger partial charge >= 0.3 is 5.97 Å². The number of hydrogen-bond donors (Lipinski definition) is 1. The molecule has 0 aromatic heterocycles. The molecule has 0 saturated heterocycles. The van der Waals surface area contributed by atoms with Crippen LogP contribution in [0, 0.1) is 0 Å². The van der Waals surface area contributed by atoms with Crippen LogP contribution in [0.4, 0.5) is 0 Å². The maximum atomic E-state index is 11.9. The molecule has 41 heavy (non-hydrogen) atoms. The van der Waals surface area contributed by atoms with Gasteiger partial charge < -0.3 is 14.6 Å². The lowest BCUT2D eigenvalue weighted by molar-refractivity contribution is -0.147. The molecular formula is C37H74O4. The third-order valence-electron chi connectivity index (χ3n) is 8.37. The van der Waals surface area contributed by atoms with Crippen LogP contribution < -0.4 is 0 Å². The minimum Gasteiger partial charge on any atom is -0.463 e. The quantitative estimate of drug-likeness (QED) is 0.0596. The molecule has 1 atom stereocenters. The van der Waals surface area contributed by atoms with E-state index in [-0.39, 0.29) is 19.2 Å². The van der Waals surface area contributed by atoms with E-state index in [2.05, 4.69) is 13.8 Å².